The molecule has 0 fully saturated rings. The number of sulfonamides is 1. The summed E-state index contributed by atoms with van der Waals surface area (Å²) in [5.74, 6) is -1.42. The minimum Gasteiger partial charge on any atom is -0.354 e. The molecule has 0 saturated carbocycles. The van der Waals surface area contributed by atoms with Crippen molar-refractivity contribution < 1.29 is 22.4 Å². The van der Waals surface area contributed by atoms with Gasteiger partial charge in [-0.2, -0.15) is 0 Å². The van der Waals surface area contributed by atoms with Gasteiger partial charge >= 0.3 is 0 Å². The lowest BCUT2D eigenvalue weighted by molar-refractivity contribution is -0.140. The van der Waals surface area contributed by atoms with Gasteiger partial charge in [-0.25, -0.2) is 12.8 Å². The first-order valence-corrected chi connectivity index (χ1v) is 16.5. The maximum absolute atomic E-state index is 14.5. The number of rotatable bonds is 14. The smallest absolute Gasteiger partial charge is 0.264 e. The molecule has 0 bridgehead atoms. The van der Waals surface area contributed by atoms with Crippen LogP contribution in [0.3, 0.4) is 0 Å². The highest BCUT2D eigenvalue weighted by atomic mass is 32.2. The molecule has 4 aromatic rings. The van der Waals surface area contributed by atoms with E-state index in [0.717, 1.165) is 51.5 Å². The Morgan fingerprint density at radius 2 is 1.49 bits per heavy atom. The Hall–Kier alpha value is -4.50. The highest BCUT2D eigenvalue weighted by Gasteiger charge is 2.34. The summed E-state index contributed by atoms with van der Waals surface area (Å²) in [7, 11) is -4.25. The van der Waals surface area contributed by atoms with Gasteiger partial charge in [-0.15, -0.1) is 0 Å². The molecule has 1 N–H and O–H groups in total. The molecule has 0 saturated heterocycles. The van der Waals surface area contributed by atoms with Crippen LogP contribution in [0.5, 0.6) is 0 Å². The van der Waals surface area contributed by atoms with Crippen LogP contribution in [0.15, 0.2) is 108 Å². The number of benzene rings is 4. The van der Waals surface area contributed by atoms with Gasteiger partial charge in [0.2, 0.25) is 11.8 Å². The molecule has 0 aliphatic rings. The highest BCUT2D eigenvalue weighted by molar-refractivity contribution is 7.92. The number of carbonyl (C=O) groups excluding carboxylic acids is 2. The molecule has 1 atom stereocenters. The molecular formula is C36H40FN3O4S. The number of aryl methyl sites for hydroxylation is 2. The van der Waals surface area contributed by atoms with Crippen LogP contribution in [0.2, 0.25) is 0 Å². The topological polar surface area (TPSA) is 86.8 Å². The molecule has 0 spiro atoms. The van der Waals surface area contributed by atoms with Crippen LogP contribution in [0.4, 0.5) is 10.1 Å². The number of unbranched alkanes of at least 4 members (excludes halogenated alkanes) is 1. The SMILES string of the molecule is CCCCNC(=O)C(Cc1ccccc1)N(Cc1ccccc1C)C(=O)CN(c1ccc(F)cc1)S(=O)(=O)c1ccc(C)cc1. The van der Waals surface area contributed by atoms with Gasteiger partial charge in [-0.3, -0.25) is 13.9 Å². The molecule has 236 valence electrons. The summed E-state index contributed by atoms with van der Waals surface area (Å²) in [5.41, 5.74) is 3.63. The second kappa shape index (κ2) is 15.5. The number of nitrogens with zero attached hydrogens (tertiary/aromatic N) is 2. The van der Waals surface area contributed by atoms with Crippen LogP contribution in [0.25, 0.3) is 0 Å². The maximum atomic E-state index is 14.5. The number of carbonyl (C=O) groups is 2. The predicted molar refractivity (Wildman–Crippen MR) is 176 cm³/mol. The lowest BCUT2D eigenvalue weighted by atomic mass is 10.0. The van der Waals surface area contributed by atoms with Gasteiger partial charge in [0.05, 0.1) is 10.6 Å². The summed E-state index contributed by atoms with van der Waals surface area (Å²) in [6.07, 6.45) is 1.90. The van der Waals surface area contributed by atoms with E-state index in [1.807, 2.05) is 75.4 Å². The maximum Gasteiger partial charge on any atom is 0.264 e. The van der Waals surface area contributed by atoms with Crippen molar-refractivity contribution in [2.24, 2.45) is 0 Å². The van der Waals surface area contributed by atoms with E-state index in [1.54, 1.807) is 12.1 Å². The summed E-state index contributed by atoms with van der Waals surface area (Å²) in [5, 5.41) is 2.99. The van der Waals surface area contributed by atoms with Gasteiger partial charge in [0.15, 0.2) is 0 Å². The average molecular weight is 630 g/mol. The van der Waals surface area contributed by atoms with Crippen molar-refractivity contribution in [2.75, 3.05) is 17.4 Å². The first kappa shape index (κ1) is 33.4. The third-order valence-corrected chi connectivity index (χ3v) is 9.49. The number of hydrogen-bond donors (Lipinski definition) is 1. The van der Waals surface area contributed by atoms with Crippen LogP contribution in [0.1, 0.15) is 42.0 Å². The molecule has 0 aromatic heterocycles. The zero-order chi connectivity index (χ0) is 32.4. The van der Waals surface area contributed by atoms with Crippen molar-refractivity contribution in [3.63, 3.8) is 0 Å². The number of nitrogens with one attached hydrogen (secondary N) is 1. The average Bonchev–Trinajstić information content (AvgIpc) is 3.03. The fraction of sp³-hybridized carbons (Fsp3) is 0.278. The third kappa shape index (κ3) is 8.79. The van der Waals surface area contributed by atoms with E-state index in [0.29, 0.717) is 6.54 Å². The predicted octanol–water partition coefficient (Wildman–Crippen LogP) is 6.19. The van der Waals surface area contributed by atoms with Crippen LogP contribution >= 0.6 is 0 Å². The summed E-state index contributed by atoms with van der Waals surface area (Å²) in [4.78, 5) is 29.7. The summed E-state index contributed by atoms with van der Waals surface area (Å²) in [6.45, 7) is 5.75. The highest BCUT2D eigenvalue weighted by Crippen LogP contribution is 2.26. The van der Waals surface area contributed by atoms with Gasteiger partial charge in [-0.05, 0) is 73.4 Å². The minimum atomic E-state index is -4.25. The van der Waals surface area contributed by atoms with Crippen LogP contribution in [-0.4, -0.2) is 44.3 Å². The van der Waals surface area contributed by atoms with Gasteiger partial charge < -0.3 is 10.2 Å². The quantitative estimate of drug-likeness (QED) is 0.169. The monoisotopic (exact) mass is 629 g/mol. The Balaban J connectivity index is 1.79. The zero-order valence-electron chi connectivity index (χ0n) is 25.9. The van der Waals surface area contributed by atoms with Crippen molar-refractivity contribution >= 4 is 27.5 Å². The summed E-state index contributed by atoms with van der Waals surface area (Å²) in [6, 6.07) is 27.4. The van der Waals surface area contributed by atoms with Gasteiger partial charge in [0.25, 0.3) is 10.0 Å². The number of amides is 2. The Labute approximate surface area is 265 Å². The van der Waals surface area contributed by atoms with Crippen molar-refractivity contribution in [3.05, 3.63) is 131 Å². The molecule has 4 aromatic carbocycles. The number of halogens is 1. The molecule has 0 aliphatic carbocycles. The van der Waals surface area contributed by atoms with Gasteiger partial charge in [0.1, 0.15) is 18.4 Å². The van der Waals surface area contributed by atoms with Crippen molar-refractivity contribution in [2.45, 2.75) is 57.5 Å². The third-order valence-electron chi connectivity index (χ3n) is 7.71. The molecule has 4 rings (SSSR count). The van der Waals surface area contributed by atoms with E-state index in [2.05, 4.69) is 5.32 Å². The minimum absolute atomic E-state index is 0.00572. The molecule has 0 heterocycles. The van der Waals surface area contributed by atoms with E-state index < -0.39 is 34.3 Å². The molecule has 45 heavy (non-hydrogen) atoms. The van der Waals surface area contributed by atoms with Gasteiger partial charge in [0, 0.05) is 19.5 Å². The lowest BCUT2D eigenvalue weighted by Gasteiger charge is -2.34. The standard InChI is InChI=1S/C36H40FN3O4S/c1-4-5-23-38-36(42)34(24-29-12-7-6-8-13-29)39(25-30-14-10-9-11-28(30)3)35(41)26-40(32-19-17-31(37)18-20-32)45(43,44)33-21-15-27(2)16-22-33/h6-22,34H,4-5,23-26H2,1-3H3,(H,38,42). The Morgan fingerprint density at radius 3 is 2.13 bits per heavy atom. The van der Waals surface area contributed by atoms with Gasteiger partial charge in [-0.1, -0.05) is 85.6 Å². The molecule has 1 unspecified atom stereocenters. The Morgan fingerprint density at radius 1 is 0.844 bits per heavy atom. The lowest BCUT2D eigenvalue weighted by Crippen LogP contribution is -2.53. The first-order chi connectivity index (χ1) is 21.6. The van der Waals surface area contributed by atoms with Crippen molar-refractivity contribution in [1.82, 2.24) is 10.2 Å². The van der Waals surface area contributed by atoms with E-state index in [4.69, 9.17) is 0 Å². The van der Waals surface area contributed by atoms with E-state index in [-0.39, 0.29) is 29.5 Å². The van der Waals surface area contributed by atoms with Crippen LogP contribution in [0, 0.1) is 19.7 Å². The number of anilines is 1. The summed E-state index contributed by atoms with van der Waals surface area (Å²) < 4.78 is 43.0. The molecule has 7 nitrogen and oxygen atoms in total. The van der Waals surface area contributed by atoms with Crippen LogP contribution < -0.4 is 9.62 Å². The fourth-order valence-corrected chi connectivity index (χ4v) is 6.42. The molecule has 0 radical (unpaired) electrons. The van der Waals surface area contributed by atoms with Crippen LogP contribution in [-0.2, 0) is 32.6 Å². The van der Waals surface area contributed by atoms with Crippen molar-refractivity contribution in [1.29, 1.82) is 0 Å². The normalized spacial score (nSPS) is 11.9. The van der Waals surface area contributed by atoms with E-state index >= 15 is 0 Å². The first-order valence-electron chi connectivity index (χ1n) is 15.1. The molecule has 9 heteroatoms. The van der Waals surface area contributed by atoms with E-state index in [1.165, 1.54) is 29.2 Å². The zero-order valence-corrected chi connectivity index (χ0v) is 26.8. The molecule has 0 aliphatic heterocycles. The second-order valence-electron chi connectivity index (χ2n) is 11.1. The largest absolute Gasteiger partial charge is 0.354 e. The Kier molecular flexibility index (Phi) is 11.5. The molecular weight excluding hydrogens is 589 g/mol. The van der Waals surface area contributed by atoms with E-state index in [9.17, 15) is 22.4 Å². The number of hydrogen-bond acceptors (Lipinski definition) is 4. The van der Waals surface area contributed by atoms with Crippen molar-refractivity contribution in [3.8, 4) is 0 Å². The summed E-state index contributed by atoms with van der Waals surface area (Å²) >= 11 is 0. The molecule has 2 amide bonds. The second-order valence-corrected chi connectivity index (χ2v) is 13.0. The Bertz CT molecular complexity index is 1680. The fourth-order valence-electron chi connectivity index (χ4n) is 5.00.